The SMILES string of the molecule is CC(=O)O[C@H]1C(=O)[C@@]2(C)[C@H]([C@H](OC(=O)c3ccccc3)[C@]3(O)C[C@H](OC(=O)[C@H](OC(=O)CCC(=O)N(CCc4cc(CN(Cc5ccccn5)Cc5ccccn5)c(O)c(CN(Cc5ccccn5)Cc5ccccn5)c4)Cc4ccc(-c5ccccc5)cc4)[C@@H](NC(=O)c4ccccc4)c4ccccc4)C(C)=C1C3(C)C)[C@]1(OC(C)=O)CO[C@@H]1C[C@@H]2O. The van der Waals surface area contributed by atoms with E-state index < -0.39 is 144 Å². The summed E-state index contributed by atoms with van der Waals surface area (Å²) in [5.74, 6) is -8.92. The van der Waals surface area contributed by atoms with Gasteiger partial charge in [0.1, 0.15) is 35.7 Å². The highest BCUT2D eigenvalue weighted by Crippen LogP contribution is 2.65. The molecule has 123 heavy (non-hydrogen) atoms. The monoisotopic (exact) mass is 1660 g/mol. The number of ketones is 1. The highest BCUT2D eigenvalue weighted by Gasteiger charge is 2.78. The van der Waals surface area contributed by atoms with Gasteiger partial charge in [0.15, 0.2) is 17.5 Å². The van der Waals surface area contributed by atoms with Gasteiger partial charge in [-0.05, 0) is 132 Å². The van der Waals surface area contributed by atoms with Crippen molar-refractivity contribution in [3.8, 4) is 16.9 Å². The smallest absolute Gasteiger partial charge is 0.350 e. The maximum atomic E-state index is 16.2. The first-order valence-corrected chi connectivity index (χ1v) is 41.3. The number of carbonyl (C=O) groups excluding carboxylic acids is 8. The van der Waals surface area contributed by atoms with E-state index in [-0.39, 0.29) is 72.6 Å². The number of aliphatic hydroxyl groups excluding tert-OH is 1. The second-order valence-corrected chi connectivity index (χ2v) is 32.8. The molecule has 4 aliphatic rings. The average Bonchev–Trinajstić information content (AvgIpc) is 0.667. The molecular formula is C98H100N8O17. The lowest BCUT2D eigenvalue weighted by Crippen LogP contribution is -2.82. The summed E-state index contributed by atoms with van der Waals surface area (Å²) in [6.07, 6.45) is -5.47. The molecule has 1 aliphatic heterocycles. The van der Waals surface area contributed by atoms with E-state index in [1.807, 2.05) is 140 Å². The molecule has 4 aromatic heterocycles. The first-order valence-electron chi connectivity index (χ1n) is 41.3. The lowest BCUT2D eigenvalue weighted by atomic mass is 9.44. The fourth-order valence-corrected chi connectivity index (χ4v) is 18.0. The summed E-state index contributed by atoms with van der Waals surface area (Å²) in [4.78, 5) is 145. The third-order valence-electron chi connectivity index (χ3n) is 24.3. The maximum Gasteiger partial charge on any atom is 0.350 e. The number of aromatic hydroxyl groups is 1. The molecular weight excluding hydrogens is 1560 g/mol. The second kappa shape index (κ2) is 38.1. The largest absolute Gasteiger partial charge is 0.507 e. The minimum atomic E-state index is -2.58. The van der Waals surface area contributed by atoms with E-state index in [0.717, 1.165) is 58.9 Å². The first kappa shape index (κ1) is 86.6. The van der Waals surface area contributed by atoms with Crippen LogP contribution in [0.4, 0.5) is 0 Å². The molecule has 2 saturated carbocycles. The fraction of sp³-hybridized carbons (Fsp3) is 0.327. The number of nitrogens with one attached hydrogen (secondary N) is 1. The number of carbonyl (C=O) groups is 8. The molecule has 1 saturated heterocycles. The number of amides is 2. The summed E-state index contributed by atoms with van der Waals surface area (Å²) < 4.78 is 38.1. The Balaban J connectivity index is 0.818. The summed E-state index contributed by atoms with van der Waals surface area (Å²) >= 11 is 0. The second-order valence-electron chi connectivity index (χ2n) is 32.8. The van der Waals surface area contributed by atoms with Crippen molar-refractivity contribution in [2.45, 2.75) is 173 Å². The third-order valence-corrected chi connectivity index (χ3v) is 24.3. The van der Waals surface area contributed by atoms with Gasteiger partial charge >= 0.3 is 29.8 Å². The summed E-state index contributed by atoms with van der Waals surface area (Å²) in [6.45, 7) is 10.1. The van der Waals surface area contributed by atoms with E-state index >= 15 is 19.2 Å². The number of pyridine rings is 4. The van der Waals surface area contributed by atoms with Gasteiger partial charge in [0.2, 0.25) is 12.0 Å². The average molecular weight is 1660 g/mol. The molecule has 4 N–H and O–H groups in total. The van der Waals surface area contributed by atoms with Crippen LogP contribution >= 0.6 is 0 Å². The van der Waals surface area contributed by atoms with E-state index in [4.69, 9.17) is 28.4 Å². The quantitative estimate of drug-likeness (QED) is 0.0173. The molecule has 3 fully saturated rings. The highest BCUT2D eigenvalue weighted by molar-refractivity contribution is 5.97. The molecule has 0 spiro atoms. The zero-order valence-corrected chi connectivity index (χ0v) is 69.5. The molecule has 25 heteroatoms. The van der Waals surface area contributed by atoms with E-state index in [2.05, 4.69) is 35.1 Å². The minimum Gasteiger partial charge on any atom is -0.507 e. The van der Waals surface area contributed by atoms with Crippen LogP contribution in [-0.4, -0.2) is 158 Å². The van der Waals surface area contributed by atoms with Gasteiger partial charge in [-0.15, -0.1) is 0 Å². The number of phenols is 1. The lowest BCUT2D eigenvalue weighted by molar-refractivity contribution is -0.346. The number of hydrogen-bond acceptors (Lipinski definition) is 23. The van der Waals surface area contributed by atoms with Crippen LogP contribution in [0.2, 0.25) is 0 Å². The Bertz CT molecular complexity index is 5240. The van der Waals surface area contributed by atoms with Crippen molar-refractivity contribution < 1.29 is 82.1 Å². The molecule has 3 aliphatic carbocycles. The van der Waals surface area contributed by atoms with Crippen LogP contribution in [0.5, 0.6) is 5.75 Å². The maximum absolute atomic E-state index is 16.2. The number of nitrogens with zero attached hydrogens (tertiary/aromatic N) is 7. The van der Waals surface area contributed by atoms with Crippen molar-refractivity contribution in [3.05, 3.63) is 328 Å². The van der Waals surface area contributed by atoms with Crippen molar-refractivity contribution in [1.29, 1.82) is 0 Å². The van der Waals surface area contributed by atoms with Gasteiger partial charge in [0, 0.05) is 132 Å². The number of phenolic OH excluding ortho intramolecular Hbond substituents is 1. The highest BCUT2D eigenvalue weighted by atomic mass is 16.6. The predicted molar refractivity (Wildman–Crippen MR) is 453 cm³/mol. The number of fused-ring (bicyclic) bond motifs is 5. The van der Waals surface area contributed by atoms with Crippen LogP contribution in [0.25, 0.3) is 11.1 Å². The number of Topliss-reactive ketones (excluding diaryl/α,β-unsaturated/α-hetero) is 1. The van der Waals surface area contributed by atoms with Gasteiger partial charge in [-0.25, -0.2) is 9.59 Å². The van der Waals surface area contributed by atoms with E-state index in [1.54, 1.807) is 122 Å². The van der Waals surface area contributed by atoms with Crippen molar-refractivity contribution in [2.24, 2.45) is 16.7 Å². The summed E-state index contributed by atoms with van der Waals surface area (Å²) in [7, 11) is 0. The number of esters is 5. The van der Waals surface area contributed by atoms with Crippen LogP contribution in [-0.2, 0) is 109 Å². The van der Waals surface area contributed by atoms with Crippen LogP contribution in [0.15, 0.2) is 266 Å². The third kappa shape index (κ3) is 19.4. The molecule has 6 aromatic carbocycles. The summed E-state index contributed by atoms with van der Waals surface area (Å²) in [6, 6.07) is 67.0. The van der Waals surface area contributed by atoms with Gasteiger partial charge < -0.3 is 54.0 Å². The zero-order chi connectivity index (χ0) is 86.6. The molecule has 5 heterocycles. The Morgan fingerprint density at radius 1 is 0.577 bits per heavy atom. The minimum absolute atomic E-state index is 0.00845. The van der Waals surface area contributed by atoms with Gasteiger partial charge in [-0.2, -0.15) is 0 Å². The van der Waals surface area contributed by atoms with Crippen molar-refractivity contribution in [1.82, 2.24) is 40.0 Å². The molecule has 2 bridgehead atoms. The number of aromatic nitrogens is 4. The van der Waals surface area contributed by atoms with Crippen molar-refractivity contribution in [2.75, 3.05) is 13.2 Å². The molecule has 11 atom stereocenters. The van der Waals surface area contributed by atoms with Crippen LogP contribution < -0.4 is 5.32 Å². The molecule has 10 aromatic rings. The van der Waals surface area contributed by atoms with Crippen molar-refractivity contribution in [3.63, 3.8) is 0 Å². The Morgan fingerprint density at radius 3 is 1.58 bits per heavy atom. The number of benzene rings is 6. The number of rotatable bonds is 32. The van der Waals surface area contributed by atoms with Crippen LogP contribution in [0.1, 0.15) is 145 Å². The van der Waals surface area contributed by atoms with E-state index in [1.165, 1.54) is 26.0 Å². The molecule has 0 unspecified atom stereocenters. The van der Waals surface area contributed by atoms with E-state index in [0.29, 0.717) is 37.3 Å². The Labute approximate surface area is 714 Å². The van der Waals surface area contributed by atoms with Gasteiger partial charge in [-0.3, -0.25) is 58.5 Å². The van der Waals surface area contributed by atoms with Crippen LogP contribution in [0, 0.1) is 16.7 Å². The summed E-state index contributed by atoms with van der Waals surface area (Å²) in [5, 5.41) is 42.7. The van der Waals surface area contributed by atoms with Gasteiger partial charge in [-0.1, -0.05) is 172 Å². The van der Waals surface area contributed by atoms with E-state index in [9.17, 15) is 34.5 Å². The predicted octanol–water partition coefficient (Wildman–Crippen LogP) is 12.7. The van der Waals surface area contributed by atoms with Gasteiger partial charge in [0.25, 0.3) is 5.91 Å². The molecule has 0 radical (unpaired) electrons. The lowest BCUT2D eigenvalue weighted by Gasteiger charge is -2.67. The molecule has 14 rings (SSSR count). The Hall–Kier alpha value is -12.8. The normalized spacial score (nSPS) is 21.7. The molecule has 634 valence electrons. The number of ether oxygens (including phenoxy) is 6. The summed E-state index contributed by atoms with van der Waals surface area (Å²) in [5.41, 5.74) is -0.237. The molecule has 25 nitrogen and oxygen atoms in total. The van der Waals surface area contributed by atoms with Crippen molar-refractivity contribution >= 4 is 47.4 Å². The topological polar surface area (TPSA) is 326 Å². The molecule has 2 amide bonds. The Morgan fingerprint density at radius 2 is 1.08 bits per heavy atom. The first-order chi connectivity index (χ1) is 59.3. The Kier molecular flexibility index (Phi) is 26.8. The van der Waals surface area contributed by atoms with Gasteiger partial charge in [0.05, 0.1) is 58.8 Å². The fourth-order valence-electron chi connectivity index (χ4n) is 18.0. The number of aliphatic hydroxyl groups is 2. The zero-order valence-electron chi connectivity index (χ0n) is 69.5. The van der Waals surface area contributed by atoms with Crippen LogP contribution in [0.3, 0.4) is 0 Å². The number of hydrogen-bond donors (Lipinski definition) is 4. The standard InChI is InChI=1S/C98H100N8O17/c1-63-79(54-98(117)91(122-93(115)72-33-17-10-18-34-72)89-96(6,80(109)53-81-97(89,62-118-81)123-65(3)108)90(113)87(119-64(2)107)84(63)95(98,4)5)120-94(116)88(85(70-29-13-8-14-30-70)103-92(114)71-31-15-9-16-32-71)121-83(111)44-43-82(110)106(55-66-39-41-69(42-40-66)68-27-11-7-12-28-68)50-45-67-51-73(56-104(58-75-35-19-23-46-99-75)59-76-36-20-24-47-100-76)86(112)74(52-67)57-105(60-77-37-21-25-48-101-77)61-78-38-22-26-49-102-78/h7-42,46-49,51-52,79-81,85,87-89,91,109,112,117H,43-45,50,53-62H2,1-6H3,(H,103,114)/t79-,80-,81+,85-,87+,88+,89-,91-,96+,97-,98+/m0/s1.